The second-order valence-electron chi connectivity index (χ2n) is 5.71. The minimum Gasteiger partial charge on any atom is -0.496 e. The van der Waals surface area contributed by atoms with Crippen LogP contribution in [0.2, 0.25) is 0 Å². The number of allylic oxidation sites excluding steroid dienone is 1. The highest BCUT2D eigenvalue weighted by atomic mass is 16.5. The number of hydrogen-bond acceptors (Lipinski definition) is 4. The Kier molecular flexibility index (Phi) is 5.23. The molecule has 0 atom stereocenters. The van der Waals surface area contributed by atoms with Crippen molar-refractivity contribution in [3.8, 4) is 17.2 Å². The maximum Gasteiger partial charge on any atom is 0.189 e. The molecular formula is C22H20O4. The van der Waals surface area contributed by atoms with Crippen LogP contribution in [0.25, 0.3) is 16.8 Å². The minimum atomic E-state index is -0.170. The van der Waals surface area contributed by atoms with Gasteiger partial charge in [0, 0.05) is 6.07 Å². The van der Waals surface area contributed by atoms with Crippen molar-refractivity contribution in [1.82, 2.24) is 0 Å². The summed E-state index contributed by atoms with van der Waals surface area (Å²) in [7, 11) is 4.59. The highest BCUT2D eigenvalue weighted by Crippen LogP contribution is 2.35. The van der Waals surface area contributed by atoms with E-state index in [-0.39, 0.29) is 5.78 Å². The van der Waals surface area contributed by atoms with Gasteiger partial charge in [-0.3, -0.25) is 4.79 Å². The molecule has 0 saturated heterocycles. The van der Waals surface area contributed by atoms with Gasteiger partial charge in [-0.25, -0.2) is 0 Å². The maximum absolute atomic E-state index is 12.7. The predicted molar refractivity (Wildman–Crippen MR) is 103 cm³/mol. The summed E-state index contributed by atoms with van der Waals surface area (Å²) in [6.07, 6.45) is 3.33. The fourth-order valence-corrected chi connectivity index (χ4v) is 2.79. The van der Waals surface area contributed by atoms with Gasteiger partial charge in [0.2, 0.25) is 0 Å². The van der Waals surface area contributed by atoms with Gasteiger partial charge in [-0.05, 0) is 34.5 Å². The van der Waals surface area contributed by atoms with Crippen molar-refractivity contribution in [2.24, 2.45) is 0 Å². The summed E-state index contributed by atoms with van der Waals surface area (Å²) in [6, 6.07) is 17.5. The highest BCUT2D eigenvalue weighted by Gasteiger charge is 2.16. The van der Waals surface area contributed by atoms with E-state index in [2.05, 4.69) is 6.07 Å². The molecule has 3 aromatic carbocycles. The Morgan fingerprint density at radius 1 is 0.769 bits per heavy atom. The first-order valence-corrected chi connectivity index (χ1v) is 8.17. The summed E-state index contributed by atoms with van der Waals surface area (Å²) in [5.41, 5.74) is 1.37. The van der Waals surface area contributed by atoms with E-state index in [1.54, 1.807) is 25.3 Å². The first-order chi connectivity index (χ1) is 12.7. The van der Waals surface area contributed by atoms with Crippen molar-refractivity contribution in [2.45, 2.75) is 0 Å². The molecule has 0 spiro atoms. The lowest BCUT2D eigenvalue weighted by molar-refractivity contribution is 0.104. The predicted octanol–water partition coefficient (Wildman–Crippen LogP) is 4.76. The maximum atomic E-state index is 12.7. The van der Waals surface area contributed by atoms with E-state index in [0.717, 1.165) is 16.3 Å². The number of hydrogen-bond donors (Lipinski definition) is 0. The number of ketones is 1. The van der Waals surface area contributed by atoms with Gasteiger partial charge in [-0.15, -0.1) is 0 Å². The van der Waals surface area contributed by atoms with Crippen LogP contribution in [0.5, 0.6) is 17.2 Å². The molecule has 0 saturated carbocycles. The Hall–Kier alpha value is -3.27. The fraction of sp³-hybridized carbons (Fsp3) is 0.136. The van der Waals surface area contributed by atoms with E-state index in [1.165, 1.54) is 20.3 Å². The van der Waals surface area contributed by atoms with Gasteiger partial charge in [0.25, 0.3) is 0 Å². The topological polar surface area (TPSA) is 44.8 Å². The Bertz CT molecular complexity index is 973. The molecule has 0 aromatic heterocycles. The summed E-state index contributed by atoms with van der Waals surface area (Å²) in [4.78, 5) is 12.7. The van der Waals surface area contributed by atoms with Crippen LogP contribution in [-0.4, -0.2) is 27.1 Å². The van der Waals surface area contributed by atoms with Crippen LogP contribution < -0.4 is 14.2 Å². The first-order valence-electron chi connectivity index (χ1n) is 8.17. The Morgan fingerprint density at radius 2 is 1.42 bits per heavy atom. The average Bonchev–Trinajstić information content (AvgIpc) is 2.70. The summed E-state index contributed by atoms with van der Waals surface area (Å²) in [5.74, 6) is 1.27. The summed E-state index contributed by atoms with van der Waals surface area (Å²) < 4.78 is 15.9. The van der Waals surface area contributed by atoms with Crippen LogP contribution in [0.3, 0.4) is 0 Å². The van der Waals surface area contributed by atoms with E-state index in [9.17, 15) is 4.79 Å². The van der Waals surface area contributed by atoms with Gasteiger partial charge < -0.3 is 14.2 Å². The SMILES string of the molecule is COc1cc(OC)c(C(=O)/C=C/c2ccc3ccccc3c2)cc1OC. The normalized spacial score (nSPS) is 10.9. The Labute approximate surface area is 152 Å². The summed E-state index contributed by atoms with van der Waals surface area (Å²) in [5, 5.41) is 2.29. The highest BCUT2D eigenvalue weighted by molar-refractivity contribution is 6.09. The number of methoxy groups -OCH3 is 3. The lowest BCUT2D eigenvalue weighted by Gasteiger charge is -2.12. The molecule has 0 aliphatic rings. The molecule has 0 amide bonds. The van der Waals surface area contributed by atoms with Crippen molar-refractivity contribution >= 4 is 22.6 Å². The van der Waals surface area contributed by atoms with Gasteiger partial charge in [0.15, 0.2) is 17.3 Å². The summed E-state index contributed by atoms with van der Waals surface area (Å²) >= 11 is 0. The third-order valence-electron chi connectivity index (χ3n) is 4.17. The van der Waals surface area contributed by atoms with Gasteiger partial charge in [-0.1, -0.05) is 42.5 Å². The van der Waals surface area contributed by atoms with E-state index in [0.29, 0.717) is 22.8 Å². The Balaban J connectivity index is 1.92. The third kappa shape index (κ3) is 3.54. The molecule has 132 valence electrons. The number of fused-ring (bicyclic) bond motifs is 1. The Morgan fingerprint density at radius 3 is 2.12 bits per heavy atom. The van der Waals surface area contributed by atoms with Crippen molar-refractivity contribution in [3.63, 3.8) is 0 Å². The number of benzene rings is 3. The molecule has 26 heavy (non-hydrogen) atoms. The van der Waals surface area contributed by atoms with Gasteiger partial charge in [-0.2, -0.15) is 0 Å². The van der Waals surface area contributed by atoms with Crippen LogP contribution in [0, 0.1) is 0 Å². The zero-order valence-electron chi connectivity index (χ0n) is 15.0. The van der Waals surface area contributed by atoms with Gasteiger partial charge >= 0.3 is 0 Å². The van der Waals surface area contributed by atoms with Crippen molar-refractivity contribution in [3.05, 3.63) is 71.8 Å². The molecule has 0 unspecified atom stereocenters. The zero-order chi connectivity index (χ0) is 18.5. The quantitative estimate of drug-likeness (QED) is 0.476. The van der Waals surface area contributed by atoms with Gasteiger partial charge in [0.05, 0.1) is 26.9 Å². The van der Waals surface area contributed by atoms with Crippen LogP contribution in [0.15, 0.2) is 60.7 Å². The lowest BCUT2D eigenvalue weighted by Crippen LogP contribution is -2.01. The van der Waals surface area contributed by atoms with Crippen molar-refractivity contribution in [2.75, 3.05) is 21.3 Å². The van der Waals surface area contributed by atoms with Crippen LogP contribution >= 0.6 is 0 Å². The smallest absolute Gasteiger partial charge is 0.189 e. The van der Waals surface area contributed by atoms with Crippen molar-refractivity contribution in [1.29, 1.82) is 0 Å². The van der Waals surface area contributed by atoms with Crippen LogP contribution in [0.4, 0.5) is 0 Å². The molecule has 0 radical (unpaired) electrons. The molecule has 0 N–H and O–H groups in total. The molecule has 0 heterocycles. The van der Waals surface area contributed by atoms with Crippen molar-refractivity contribution < 1.29 is 19.0 Å². The minimum absolute atomic E-state index is 0.170. The number of ether oxygens (including phenoxy) is 3. The molecular weight excluding hydrogens is 328 g/mol. The van der Waals surface area contributed by atoms with E-state index in [1.807, 2.05) is 36.4 Å². The molecule has 3 aromatic rings. The third-order valence-corrected chi connectivity index (χ3v) is 4.17. The molecule has 0 bridgehead atoms. The second-order valence-corrected chi connectivity index (χ2v) is 5.71. The number of carbonyl (C=O) groups is 1. The fourth-order valence-electron chi connectivity index (χ4n) is 2.79. The summed E-state index contributed by atoms with van der Waals surface area (Å²) in [6.45, 7) is 0. The molecule has 4 heteroatoms. The zero-order valence-corrected chi connectivity index (χ0v) is 15.0. The monoisotopic (exact) mass is 348 g/mol. The first kappa shape index (κ1) is 17.5. The molecule has 0 fully saturated rings. The number of rotatable bonds is 6. The molecule has 0 aliphatic heterocycles. The van der Waals surface area contributed by atoms with E-state index < -0.39 is 0 Å². The largest absolute Gasteiger partial charge is 0.496 e. The molecule has 3 rings (SSSR count). The second kappa shape index (κ2) is 7.74. The lowest BCUT2D eigenvalue weighted by atomic mass is 10.0. The average molecular weight is 348 g/mol. The van der Waals surface area contributed by atoms with Crippen LogP contribution in [-0.2, 0) is 0 Å². The van der Waals surface area contributed by atoms with E-state index >= 15 is 0 Å². The van der Waals surface area contributed by atoms with E-state index in [4.69, 9.17) is 14.2 Å². The van der Waals surface area contributed by atoms with Gasteiger partial charge in [0.1, 0.15) is 5.75 Å². The van der Waals surface area contributed by atoms with Crippen LogP contribution in [0.1, 0.15) is 15.9 Å². The molecule has 0 aliphatic carbocycles. The standard InChI is InChI=1S/C22H20O4/c1-24-20-14-22(26-3)21(25-2)13-18(20)19(23)11-9-15-8-10-16-6-4-5-7-17(16)12-15/h4-14H,1-3H3/b11-9+. The molecule has 4 nitrogen and oxygen atoms in total. The number of carbonyl (C=O) groups excluding carboxylic acids is 1.